The highest BCUT2D eigenvalue weighted by Gasteiger charge is 2.33. The van der Waals surface area contributed by atoms with Crippen molar-refractivity contribution in [2.24, 2.45) is 11.7 Å². The van der Waals surface area contributed by atoms with E-state index in [1.54, 1.807) is 16.7 Å². The second-order valence-electron chi connectivity index (χ2n) is 7.76. The first-order valence-electron chi connectivity index (χ1n) is 10.2. The van der Waals surface area contributed by atoms with Crippen LogP contribution in [0.2, 0.25) is 0 Å². The van der Waals surface area contributed by atoms with E-state index < -0.39 is 0 Å². The number of nitrogens with two attached hydrogens (primary N) is 1. The predicted molar refractivity (Wildman–Crippen MR) is 116 cm³/mol. The second kappa shape index (κ2) is 8.92. The molecule has 2 aliphatic rings. The Morgan fingerprint density at radius 1 is 1.00 bits per heavy atom. The summed E-state index contributed by atoms with van der Waals surface area (Å²) in [6.45, 7) is 1.67. The van der Waals surface area contributed by atoms with Crippen molar-refractivity contribution in [3.8, 4) is 0 Å². The molecular formula is C23H25N3O3S. The molecule has 7 heteroatoms. The standard InChI is InChI=1S/C23H25N3O3S/c24-21(28)17-10-12-25(13-11-17)22(29)18-6-8-19(9-7-18)23-26(20(27)15-30-23)14-16-4-2-1-3-5-16/h1-9,17,23H,10-15H2,(H2,24,28)/t23-/m1/s1. The molecule has 2 aliphatic heterocycles. The summed E-state index contributed by atoms with van der Waals surface area (Å²) >= 11 is 1.61. The largest absolute Gasteiger partial charge is 0.369 e. The van der Waals surface area contributed by atoms with Crippen LogP contribution < -0.4 is 5.73 Å². The number of primary amides is 1. The van der Waals surface area contributed by atoms with E-state index in [1.807, 2.05) is 59.5 Å². The van der Waals surface area contributed by atoms with Crippen LogP contribution in [0.1, 0.15) is 39.7 Å². The average Bonchev–Trinajstić information content (AvgIpc) is 3.14. The number of benzene rings is 2. The van der Waals surface area contributed by atoms with Gasteiger partial charge < -0.3 is 15.5 Å². The van der Waals surface area contributed by atoms with Gasteiger partial charge in [0.15, 0.2) is 0 Å². The number of piperidine rings is 1. The topological polar surface area (TPSA) is 83.7 Å². The lowest BCUT2D eigenvalue weighted by molar-refractivity contribution is -0.128. The Morgan fingerprint density at radius 2 is 1.67 bits per heavy atom. The van der Waals surface area contributed by atoms with Crippen molar-refractivity contribution in [1.82, 2.24) is 9.80 Å². The van der Waals surface area contributed by atoms with Crippen LogP contribution >= 0.6 is 11.8 Å². The van der Waals surface area contributed by atoms with Crippen molar-refractivity contribution >= 4 is 29.5 Å². The summed E-state index contributed by atoms with van der Waals surface area (Å²) in [5.41, 5.74) is 8.12. The van der Waals surface area contributed by atoms with Crippen molar-refractivity contribution in [2.75, 3.05) is 18.8 Å². The Kier molecular flexibility index (Phi) is 6.08. The van der Waals surface area contributed by atoms with Gasteiger partial charge in [0.05, 0.1) is 5.75 Å². The summed E-state index contributed by atoms with van der Waals surface area (Å²) in [6, 6.07) is 17.5. The van der Waals surface area contributed by atoms with Crippen molar-refractivity contribution in [2.45, 2.75) is 24.8 Å². The van der Waals surface area contributed by atoms with Crippen LogP contribution in [0.25, 0.3) is 0 Å². The summed E-state index contributed by atoms with van der Waals surface area (Å²) in [5, 5.41) is -0.0480. The molecule has 0 unspecified atom stereocenters. The van der Waals surface area contributed by atoms with E-state index in [2.05, 4.69) is 0 Å². The van der Waals surface area contributed by atoms with E-state index in [0.717, 1.165) is 11.1 Å². The van der Waals surface area contributed by atoms with Gasteiger partial charge in [0, 0.05) is 31.1 Å². The number of thioether (sulfide) groups is 1. The van der Waals surface area contributed by atoms with Crippen LogP contribution in [0.4, 0.5) is 0 Å². The van der Waals surface area contributed by atoms with Gasteiger partial charge in [-0.2, -0.15) is 0 Å². The first-order chi connectivity index (χ1) is 14.5. The van der Waals surface area contributed by atoms with Crippen LogP contribution in [0, 0.1) is 5.92 Å². The summed E-state index contributed by atoms with van der Waals surface area (Å²) in [6.07, 6.45) is 1.24. The number of likely N-dealkylation sites (tertiary alicyclic amines) is 1. The van der Waals surface area contributed by atoms with Gasteiger partial charge in [-0.05, 0) is 36.1 Å². The van der Waals surface area contributed by atoms with Crippen LogP contribution in [-0.4, -0.2) is 46.4 Å². The maximum atomic E-state index is 12.8. The predicted octanol–water partition coefficient (Wildman–Crippen LogP) is 2.80. The SMILES string of the molecule is NC(=O)C1CCN(C(=O)c2ccc([C@H]3SCC(=O)N3Cc3ccccc3)cc2)CC1. The number of amides is 3. The molecule has 2 aromatic carbocycles. The van der Waals surface area contributed by atoms with Crippen LogP contribution in [0.3, 0.4) is 0 Å². The highest BCUT2D eigenvalue weighted by atomic mass is 32.2. The van der Waals surface area contributed by atoms with E-state index in [-0.39, 0.29) is 29.0 Å². The number of carbonyl (C=O) groups excluding carboxylic acids is 3. The minimum Gasteiger partial charge on any atom is -0.369 e. The summed E-state index contributed by atoms with van der Waals surface area (Å²) in [5.74, 6) is 0.152. The monoisotopic (exact) mass is 423 g/mol. The maximum Gasteiger partial charge on any atom is 0.253 e. The molecule has 0 spiro atoms. The molecule has 0 aliphatic carbocycles. The molecule has 156 valence electrons. The van der Waals surface area contributed by atoms with Crippen LogP contribution in [0.15, 0.2) is 54.6 Å². The first kappa shape index (κ1) is 20.5. The van der Waals surface area contributed by atoms with Crippen molar-refractivity contribution in [3.05, 3.63) is 71.3 Å². The third-order valence-corrected chi connectivity index (χ3v) is 7.05. The lowest BCUT2D eigenvalue weighted by Crippen LogP contribution is -2.41. The van der Waals surface area contributed by atoms with Crippen molar-refractivity contribution in [3.63, 3.8) is 0 Å². The number of hydrogen-bond acceptors (Lipinski definition) is 4. The van der Waals surface area contributed by atoms with E-state index in [4.69, 9.17) is 5.73 Å². The van der Waals surface area contributed by atoms with E-state index in [9.17, 15) is 14.4 Å². The zero-order chi connectivity index (χ0) is 21.1. The molecule has 2 heterocycles. The quantitative estimate of drug-likeness (QED) is 0.802. The number of nitrogens with zero attached hydrogens (tertiary/aromatic N) is 2. The Morgan fingerprint density at radius 3 is 2.30 bits per heavy atom. The maximum absolute atomic E-state index is 12.8. The van der Waals surface area contributed by atoms with Gasteiger partial charge >= 0.3 is 0 Å². The lowest BCUT2D eigenvalue weighted by atomic mass is 9.96. The van der Waals surface area contributed by atoms with E-state index in [0.29, 0.717) is 43.8 Å². The molecule has 6 nitrogen and oxygen atoms in total. The molecule has 0 bridgehead atoms. The minimum absolute atomic E-state index is 0.0271. The van der Waals surface area contributed by atoms with Crippen molar-refractivity contribution < 1.29 is 14.4 Å². The Hall–Kier alpha value is -2.80. The smallest absolute Gasteiger partial charge is 0.253 e. The molecule has 0 radical (unpaired) electrons. The molecule has 2 saturated heterocycles. The zero-order valence-corrected chi connectivity index (χ0v) is 17.5. The highest BCUT2D eigenvalue weighted by Crippen LogP contribution is 2.39. The molecule has 0 saturated carbocycles. The molecule has 1 atom stereocenters. The first-order valence-corrected chi connectivity index (χ1v) is 11.2. The summed E-state index contributed by atoms with van der Waals surface area (Å²) in [7, 11) is 0. The number of rotatable bonds is 5. The average molecular weight is 424 g/mol. The molecule has 2 N–H and O–H groups in total. The van der Waals surface area contributed by atoms with Gasteiger partial charge in [-0.1, -0.05) is 42.5 Å². The van der Waals surface area contributed by atoms with Crippen LogP contribution in [0.5, 0.6) is 0 Å². The second-order valence-corrected chi connectivity index (χ2v) is 8.83. The Balaban J connectivity index is 1.43. The third kappa shape index (κ3) is 4.36. The van der Waals surface area contributed by atoms with Gasteiger partial charge in [-0.15, -0.1) is 11.8 Å². The normalized spacial score (nSPS) is 19.9. The van der Waals surface area contributed by atoms with Gasteiger partial charge in [-0.3, -0.25) is 14.4 Å². The van der Waals surface area contributed by atoms with E-state index >= 15 is 0 Å². The summed E-state index contributed by atoms with van der Waals surface area (Å²) < 4.78 is 0. The summed E-state index contributed by atoms with van der Waals surface area (Å²) in [4.78, 5) is 40.2. The van der Waals surface area contributed by atoms with Gasteiger partial charge in [0.2, 0.25) is 11.8 Å². The fourth-order valence-electron chi connectivity index (χ4n) is 4.02. The Labute approximate surface area is 180 Å². The van der Waals surface area contributed by atoms with Gasteiger partial charge in [0.1, 0.15) is 5.37 Å². The molecule has 2 fully saturated rings. The fourth-order valence-corrected chi connectivity index (χ4v) is 5.21. The molecule has 3 amide bonds. The molecule has 4 rings (SSSR count). The highest BCUT2D eigenvalue weighted by molar-refractivity contribution is 8.00. The molecule has 2 aromatic rings. The fraction of sp³-hybridized carbons (Fsp3) is 0.348. The number of carbonyl (C=O) groups is 3. The Bertz CT molecular complexity index is 924. The minimum atomic E-state index is -0.282. The lowest BCUT2D eigenvalue weighted by Gasteiger charge is -2.30. The van der Waals surface area contributed by atoms with Gasteiger partial charge in [-0.25, -0.2) is 0 Å². The third-order valence-electron chi connectivity index (χ3n) is 5.79. The zero-order valence-electron chi connectivity index (χ0n) is 16.7. The molecular weight excluding hydrogens is 398 g/mol. The number of hydrogen-bond donors (Lipinski definition) is 1. The van der Waals surface area contributed by atoms with Crippen LogP contribution in [-0.2, 0) is 16.1 Å². The molecule has 0 aromatic heterocycles. The van der Waals surface area contributed by atoms with Gasteiger partial charge in [0.25, 0.3) is 5.91 Å². The van der Waals surface area contributed by atoms with E-state index in [1.165, 1.54) is 0 Å². The molecule has 30 heavy (non-hydrogen) atoms. The van der Waals surface area contributed by atoms with Crippen molar-refractivity contribution in [1.29, 1.82) is 0 Å².